The van der Waals surface area contributed by atoms with Crippen LogP contribution in [0.15, 0.2) is 42.5 Å². The van der Waals surface area contributed by atoms with E-state index in [0.29, 0.717) is 42.6 Å². The van der Waals surface area contributed by atoms with Crippen LogP contribution in [0.3, 0.4) is 0 Å². The third kappa shape index (κ3) is 7.74. The SMILES string of the molecule is COc1ccc(OCCC(=O)N[C@H](CN2CCCC2)[C@H](OCC(=O)O)c2ccc3c(c2)OCCO3)cc1. The Labute approximate surface area is 216 Å². The van der Waals surface area contributed by atoms with Crippen molar-refractivity contribution < 1.29 is 38.4 Å². The molecule has 37 heavy (non-hydrogen) atoms. The van der Waals surface area contributed by atoms with Gasteiger partial charge in [-0.05, 0) is 67.9 Å². The van der Waals surface area contributed by atoms with Gasteiger partial charge in [0.2, 0.25) is 5.91 Å². The molecule has 200 valence electrons. The third-order valence-electron chi connectivity index (χ3n) is 6.30. The summed E-state index contributed by atoms with van der Waals surface area (Å²) >= 11 is 0. The number of carbonyl (C=O) groups excluding carboxylic acids is 1. The summed E-state index contributed by atoms with van der Waals surface area (Å²) in [5, 5.41) is 12.4. The second-order valence-electron chi connectivity index (χ2n) is 8.98. The molecule has 0 unspecified atom stereocenters. The Kier molecular flexibility index (Phi) is 9.45. The monoisotopic (exact) mass is 514 g/mol. The van der Waals surface area contributed by atoms with Crippen LogP contribution in [-0.2, 0) is 14.3 Å². The number of likely N-dealkylation sites (tertiary alicyclic amines) is 1. The van der Waals surface area contributed by atoms with E-state index in [1.54, 1.807) is 43.5 Å². The molecule has 0 saturated carbocycles. The minimum Gasteiger partial charge on any atom is -0.497 e. The quantitative estimate of drug-likeness (QED) is 0.416. The first-order chi connectivity index (χ1) is 18.0. The van der Waals surface area contributed by atoms with Gasteiger partial charge in [0.1, 0.15) is 37.4 Å². The number of nitrogens with zero attached hydrogens (tertiary/aromatic N) is 1. The Morgan fingerprint density at radius 3 is 2.43 bits per heavy atom. The number of aliphatic carboxylic acids is 1. The number of amides is 1. The van der Waals surface area contributed by atoms with E-state index in [4.69, 9.17) is 23.7 Å². The molecule has 2 aliphatic rings. The molecule has 0 aromatic heterocycles. The van der Waals surface area contributed by atoms with Crippen molar-refractivity contribution in [3.63, 3.8) is 0 Å². The van der Waals surface area contributed by atoms with Crippen LogP contribution in [0.4, 0.5) is 0 Å². The van der Waals surface area contributed by atoms with Crippen molar-refractivity contribution >= 4 is 11.9 Å². The van der Waals surface area contributed by atoms with E-state index in [2.05, 4.69) is 10.2 Å². The zero-order valence-corrected chi connectivity index (χ0v) is 21.0. The lowest BCUT2D eigenvalue weighted by molar-refractivity contribution is -0.145. The van der Waals surface area contributed by atoms with Gasteiger partial charge in [-0.25, -0.2) is 4.79 Å². The first kappa shape index (κ1) is 26.6. The topological polar surface area (TPSA) is 116 Å². The molecule has 1 amide bonds. The molecule has 2 atom stereocenters. The molecule has 10 nitrogen and oxygen atoms in total. The molecule has 2 aromatic carbocycles. The van der Waals surface area contributed by atoms with Crippen LogP contribution < -0.4 is 24.3 Å². The number of nitrogens with one attached hydrogen (secondary N) is 1. The summed E-state index contributed by atoms with van der Waals surface area (Å²) in [6.45, 7) is 2.96. The van der Waals surface area contributed by atoms with Crippen molar-refractivity contribution in [1.82, 2.24) is 10.2 Å². The van der Waals surface area contributed by atoms with Gasteiger partial charge in [0.15, 0.2) is 11.5 Å². The summed E-state index contributed by atoms with van der Waals surface area (Å²) in [6, 6.07) is 12.1. The predicted molar refractivity (Wildman–Crippen MR) is 134 cm³/mol. The Hall–Kier alpha value is -3.50. The van der Waals surface area contributed by atoms with Crippen LogP contribution in [0, 0.1) is 0 Å². The molecule has 0 spiro atoms. The average molecular weight is 515 g/mol. The maximum Gasteiger partial charge on any atom is 0.329 e. The molecule has 2 heterocycles. The van der Waals surface area contributed by atoms with Crippen LogP contribution in [0.1, 0.15) is 30.9 Å². The highest BCUT2D eigenvalue weighted by Gasteiger charge is 2.30. The van der Waals surface area contributed by atoms with Crippen LogP contribution in [0.25, 0.3) is 0 Å². The molecule has 1 saturated heterocycles. The van der Waals surface area contributed by atoms with E-state index in [1.165, 1.54) is 0 Å². The van der Waals surface area contributed by atoms with Crippen molar-refractivity contribution in [2.45, 2.75) is 31.4 Å². The van der Waals surface area contributed by atoms with Gasteiger partial charge in [0.05, 0.1) is 26.2 Å². The van der Waals surface area contributed by atoms with Gasteiger partial charge in [-0.3, -0.25) is 4.79 Å². The molecule has 2 N–H and O–H groups in total. The van der Waals surface area contributed by atoms with Crippen LogP contribution in [0.2, 0.25) is 0 Å². The number of carbonyl (C=O) groups is 2. The number of ether oxygens (including phenoxy) is 5. The first-order valence-electron chi connectivity index (χ1n) is 12.5. The Bertz CT molecular complexity index is 1040. The standard InChI is InChI=1S/C27H34N2O8/c1-33-20-5-7-21(8-6-20)34-13-10-25(30)28-22(17-29-11-2-3-12-29)27(37-18-26(31)32)19-4-9-23-24(16-19)36-15-14-35-23/h4-9,16,22,27H,2-3,10-15,17-18H2,1H3,(H,28,30)(H,31,32)/t22-,27-/m1/s1. The van der Waals surface area contributed by atoms with Gasteiger partial charge in [0, 0.05) is 6.54 Å². The minimum absolute atomic E-state index is 0.134. The maximum absolute atomic E-state index is 13.0. The summed E-state index contributed by atoms with van der Waals surface area (Å²) < 4.78 is 28.1. The number of carboxylic acid groups (broad SMARTS) is 1. The van der Waals surface area contributed by atoms with E-state index < -0.39 is 24.7 Å². The van der Waals surface area contributed by atoms with Gasteiger partial charge in [-0.2, -0.15) is 0 Å². The lowest BCUT2D eigenvalue weighted by atomic mass is 10.00. The van der Waals surface area contributed by atoms with Gasteiger partial charge >= 0.3 is 5.97 Å². The molecular formula is C27H34N2O8. The molecule has 0 radical (unpaired) electrons. The molecular weight excluding hydrogens is 480 g/mol. The molecule has 2 aliphatic heterocycles. The fourth-order valence-electron chi connectivity index (χ4n) is 4.52. The third-order valence-corrected chi connectivity index (χ3v) is 6.30. The average Bonchev–Trinajstić information content (AvgIpc) is 3.42. The van der Waals surface area contributed by atoms with Gasteiger partial charge < -0.3 is 39.0 Å². The van der Waals surface area contributed by atoms with E-state index in [9.17, 15) is 14.7 Å². The number of hydrogen-bond acceptors (Lipinski definition) is 8. The highest BCUT2D eigenvalue weighted by atomic mass is 16.6. The number of methoxy groups -OCH3 is 1. The van der Waals surface area contributed by atoms with E-state index in [-0.39, 0.29) is 18.9 Å². The van der Waals surface area contributed by atoms with E-state index in [0.717, 1.165) is 31.7 Å². The number of carboxylic acids is 1. The van der Waals surface area contributed by atoms with Crippen molar-refractivity contribution in [1.29, 1.82) is 0 Å². The lowest BCUT2D eigenvalue weighted by Crippen LogP contribution is -2.48. The highest BCUT2D eigenvalue weighted by molar-refractivity contribution is 5.76. The fraction of sp³-hybridized carbons (Fsp3) is 0.481. The lowest BCUT2D eigenvalue weighted by Gasteiger charge is -2.32. The molecule has 4 rings (SSSR count). The number of rotatable bonds is 13. The highest BCUT2D eigenvalue weighted by Crippen LogP contribution is 2.35. The zero-order valence-electron chi connectivity index (χ0n) is 21.0. The largest absolute Gasteiger partial charge is 0.497 e. The first-order valence-corrected chi connectivity index (χ1v) is 12.5. The Morgan fingerprint density at radius 2 is 1.73 bits per heavy atom. The maximum atomic E-state index is 13.0. The molecule has 10 heteroatoms. The second kappa shape index (κ2) is 13.2. The molecule has 0 aliphatic carbocycles. The smallest absolute Gasteiger partial charge is 0.329 e. The number of hydrogen-bond donors (Lipinski definition) is 2. The fourth-order valence-corrected chi connectivity index (χ4v) is 4.52. The zero-order chi connectivity index (χ0) is 26.0. The summed E-state index contributed by atoms with van der Waals surface area (Å²) in [6.07, 6.45) is 1.61. The Morgan fingerprint density at radius 1 is 1.03 bits per heavy atom. The summed E-state index contributed by atoms with van der Waals surface area (Å²) in [4.78, 5) is 26.6. The number of fused-ring (bicyclic) bond motifs is 1. The van der Waals surface area contributed by atoms with Crippen LogP contribution in [0.5, 0.6) is 23.0 Å². The van der Waals surface area contributed by atoms with E-state index >= 15 is 0 Å². The molecule has 2 aromatic rings. The van der Waals surface area contributed by atoms with Gasteiger partial charge in [-0.15, -0.1) is 0 Å². The molecule has 0 bridgehead atoms. The van der Waals surface area contributed by atoms with Crippen molar-refractivity contribution in [3.05, 3.63) is 48.0 Å². The van der Waals surface area contributed by atoms with Crippen molar-refractivity contribution in [2.75, 3.05) is 53.2 Å². The van der Waals surface area contributed by atoms with Crippen molar-refractivity contribution in [3.8, 4) is 23.0 Å². The molecule has 1 fully saturated rings. The summed E-state index contributed by atoms with van der Waals surface area (Å²) in [5.74, 6) is 1.28. The Balaban J connectivity index is 1.46. The predicted octanol–water partition coefficient (Wildman–Crippen LogP) is 2.66. The second-order valence-corrected chi connectivity index (χ2v) is 8.98. The van der Waals surface area contributed by atoms with Crippen LogP contribution in [-0.4, -0.2) is 81.1 Å². The van der Waals surface area contributed by atoms with Gasteiger partial charge in [0.25, 0.3) is 0 Å². The van der Waals surface area contributed by atoms with Gasteiger partial charge in [-0.1, -0.05) is 6.07 Å². The van der Waals surface area contributed by atoms with Crippen molar-refractivity contribution in [2.24, 2.45) is 0 Å². The normalized spacial score (nSPS) is 16.6. The van der Waals surface area contributed by atoms with Crippen LogP contribution >= 0.6 is 0 Å². The summed E-state index contributed by atoms with van der Waals surface area (Å²) in [7, 11) is 1.59. The minimum atomic E-state index is -1.08. The van der Waals surface area contributed by atoms with E-state index in [1.807, 2.05) is 6.07 Å². The number of benzene rings is 2. The summed E-state index contributed by atoms with van der Waals surface area (Å²) in [5.41, 5.74) is 0.712.